The van der Waals surface area contributed by atoms with E-state index < -0.39 is 9.05 Å². The minimum atomic E-state index is -3.74. The fourth-order valence-corrected chi connectivity index (χ4v) is 1.83. The zero-order valence-electron chi connectivity index (χ0n) is 8.70. The van der Waals surface area contributed by atoms with Crippen LogP contribution < -0.4 is 0 Å². The molecule has 1 heterocycles. The molecule has 0 aliphatic carbocycles. The Hall–Kier alpha value is -0.810. The molecule has 4 nitrogen and oxygen atoms in total. The lowest BCUT2D eigenvalue weighted by atomic mass is 10.2. The Bertz CT molecular complexity index is 476. The van der Waals surface area contributed by atoms with Crippen LogP contribution in [-0.2, 0) is 15.6 Å². The van der Waals surface area contributed by atoms with Crippen molar-refractivity contribution < 1.29 is 8.42 Å². The van der Waals surface area contributed by atoms with E-state index in [0.717, 1.165) is 12.0 Å². The summed E-state index contributed by atoms with van der Waals surface area (Å²) in [5.41, 5.74) is 1.01. The highest BCUT2D eigenvalue weighted by molar-refractivity contribution is 8.13. The first-order valence-corrected chi connectivity index (χ1v) is 6.80. The molecular weight excluding hydrogens is 236 g/mol. The van der Waals surface area contributed by atoms with Crippen LogP contribution in [0.4, 0.5) is 0 Å². The molecule has 1 aromatic heterocycles. The smallest absolute Gasteiger partial charge is 0.280 e. The van der Waals surface area contributed by atoms with Gasteiger partial charge in [0.2, 0.25) is 0 Å². The van der Waals surface area contributed by atoms with Crippen LogP contribution in [0.1, 0.15) is 19.2 Å². The summed E-state index contributed by atoms with van der Waals surface area (Å²) in [6.45, 7) is 8.15. The highest BCUT2D eigenvalue weighted by atomic mass is 35.7. The second-order valence-electron chi connectivity index (χ2n) is 3.30. The number of halogens is 1. The lowest BCUT2D eigenvalue weighted by Crippen LogP contribution is -2.00. The molecule has 0 aromatic carbocycles. The molecule has 0 amide bonds. The molecule has 0 radical (unpaired) electrons. The van der Waals surface area contributed by atoms with E-state index in [1.165, 1.54) is 6.20 Å². The molecule has 1 rings (SSSR count). The number of hydrogen-bond donors (Lipinski definition) is 0. The summed E-state index contributed by atoms with van der Waals surface area (Å²) in [5.74, 6) is 0.615. The zero-order chi connectivity index (χ0) is 11.6. The van der Waals surface area contributed by atoms with E-state index in [-0.39, 0.29) is 5.03 Å². The molecule has 0 aliphatic rings. The predicted molar refractivity (Wildman–Crippen MR) is 59.4 cm³/mol. The maximum atomic E-state index is 11.0. The monoisotopic (exact) mass is 248 g/mol. The first kappa shape index (κ1) is 12.3. The van der Waals surface area contributed by atoms with Crippen LogP contribution in [0, 0.1) is 6.92 Å². The molecule has 0 aliphatic heterocycles. The van der Waals surface area contributed by atoms with E-state index in [1.807, 2.05) is 6.92 Å². The van der Waals surface area contributed by atoms with Crippen LogP contribution in [-0.4, -0.2) is 18.0 Å². The fraction of sp³-hybridized carbons (Fsp3) is 0.444. The Balaban J connectivity index is 3.02. The molecule has 0 unspecified atom stereocenters. The third-order valence-corrected chi connectivity index (χ3v) is 3.27. The summed E-state index contributed by atoms with van der Waals surface area (Å²) < 4.78 is 23.8. The van der Waals surface area contributed by atoms with Gasteiger partial charge in [0.1, 0.15) is 5.82 Å². The number of rotatable bonds is 4. The minimum absolute atomic E-state index is 0.106. The molecule has 15 heavy (non-hydrogen) atoms. The van der Waals surface area contributed by atoms with Gasteiger partial charge >= 0.3 is 0 Å². The number of hydrogen-bond acceptors (Lipinski definition) is 3. The van der Waals surface area contributed by atoms with Gasteiger partial charge < -0.3 is 4.57 Å². The van der Waals surface area contributed by atoms with Gasteiger partial charge in [-0.25, -0.2) is 13.4 Å². The predicted octanol–water partition coefficient (Wildman–Crippen LogP) is 2.09. The van der Waals surface area contributed by atoms with Gasteiger partial charge in [-0.3, -0.25) is 0 Å². The summed E-state index contributed by atoms with van der Waals surface area (Å²) in [6, 6.07) is 0. The SMILES string of the molecule is C=C(CC)Cn1cc(S(=O)(=O)Cl)nc1C. The topological polar surface area (TPSA) is 52.0 Å². The summed E-state index contributed by atoms with van der Waals surface area (Å²) in [5, 5.41) is -0.106. The van der Waals surface area contributed by atoms with E-state index in [4.69, 9.17) is 10.7 Å². The summed E-state index contributed by atoms with van der Waals surface area (Å²) in [4.78, 5) is 3.87. The van der Waals surface area contributed by atoms with E-state index in [1.54, 1.807) is 11.5 Å². The Labute approximate surface area is 94.0 Å². The molecule has 6 heteroatoms. The van der Waals surface area contributed by atoms with Crippen LogP contribution >= 0.6 is 10.7 Å². The van der Waals surface area contributed by atoms with Crippen molar-refractivity contribution in [3.8, 4) is 0 Å². The first-order chi connectivity index (χ1) is 6.84. The highest BCUT2D eigenvalue weighted by Gasteiger charge is 2.15. The van der Waals surface area contributed by atoms with Crippen LogP contribution in [0.25, 0.3) is 0 Å². The quantitative estimate of drug-likeness (QED) is 0.606. The second kappa shape index (κ2) is 4.37. The van der Waals surface area contributed by atoms with E-state index in [2.05, 4.69) is 11.6 Å². The van der Waals surface area contributed by atoms with Crippen molar-refractivity contribution in [3.05, 3.63) is 24.2 Å². The maximum Gasteiger partial charge on any atom is 0.280 e. The highest BCUT2D eigenvalue weighted by Crippen LogP contribution is 2.15. The lowest BCUT2D eigenvalue weighted by molar-refractivity contribution is 0.606. The average molecular weight is 249 g/mol. The largest absolute Gasteiger partial charge is 0.330 e. The van der Waals surface area contributed by atoms with Gasteiger partial charge in [0.15, 0.2) is 5.03 Å². The molecule has 0 atom stereocenters. The molecule has 84 valence electrons. The molecule has 0 N–H and O–H groups in total. The maximum absolute atomic E-state index is 11.0. The number of aromatic nitrogens is 2. The molecule has 0 spiro atoms. The second-order valence-corrected chi connectivity index (χ2v) is 5.81. The number of imidazole rings is 1. The van der Waals surface area contributed by atoms with Crippen molar-refractivity contribution in [2.75, 3.05) is 0 Å². The Morgan fingerprint density at radius 3 is 2.67 bits per heavy atom. The van der Waals surface area contributed by atoms with Gasteiger partial charge in [-0.05, 0) is 13.3 Å². The minimum Gasteiger partial charge on any atom is -0.330 e. The van der Waals surface area contributed by atoms with Crippen LogP contribution in [0.5, 0.6) is 0 Å². The number of allylic oxidation sites excluding steroid dienone is 1. The molecule has 0 saturated heterocycles. The fourth-order valence-electron chi connectivity index (χ4n) is 1.11. The van der Waals surface area contributed by atoms with Gasteiger partial charge in [0.05, 0.1) is 0 Å². The van der Waals surface area contributed by atoms with E-state index in [9.17, 15) is 8.42 Å². The molecule has 0 fully saturated rings. The van der Waals surface area contributed by atoms with Crippen LogP contribution in [0.2, 0.25) is 0 Å². The van der Waals surface area contributed by atoms with E-state index in [0.29, 0.717) is 12.4 Å². The number of aryl methyl sites for hydroxylation is 1. The van der Waals surface area contributed by atoms with Crippen LogP contribution in [0.15, 0.2) is 23.4 Å². The third-order valence-electron chi connectivity index (χ3n) is 2.10. The summed E-state index contributed by atoms with van der Waals surface area (Å²) >= 11 is 0. The summed E-state index contributed by atoms with van der Waals surface area (Å²) in [6.07, 6.45) is 2.28. The molecular formula is C9H13ClN2O2S. The van der Waals surface area contributed by atoms with Gasteiger partial charge in [0.25, 0.3) is 9.05 Å². The Morgan fingerprint density at radius 1 is 1.67 bits per heavy atom. The average Bonchev–Trinajstić information content (AvgIpc) is 2.47. The summed E-state index contributed by atoms with van der Waals surface area (Å²) in [7, 11) is 1.45. The van der Waals surface area contributed by atoms with Crippen molar-refractivity contribution in [1.82, 2.24) is 9.55 Å². The lowest BCUT2D eigenvalue weighted by Gasteiger charge is -2.04. The van der Waals surface area contributed by atoms with Gasteiger partial charge in [-0.15, -0.1) is 0 Å². The molecule has 1 aromatic rings. The Kier molecular flexibility index (Phi) is 3.57. The Morgan fingerprint density at radius 2 is 2.27 bits per heavy atom. The van der Waals surface area contributed by atoms with Crippen molar-refractivity contribution in [1.29, 1.82) is 0 Å². The van der Waals surface area contributed by atoms with Gasteiger partial charge in [0, 0.05) is 23.4 Å². The van der Waals surface area contributed by atoms with Crippen molar-refractivity contribution >= 4 is 19.7 Å². The number of nitrogens with zero attached hydrogens (tertiary/aromatic N) is 2. The standard InChI is InChI=1S/C9H13ClN2O2S/c1-4-7(2)5-12-6-9(11-8(12)3)15(10,13)14/h6H,2,4-5H2,1,3H3. The third kappa shape index (κ3) is 3.07. The van der Waals surface area contributed by atoms with Gasteiger partial charge in [-0.2, -0.15) is 0 Å². The van der Waals surface area contributed by atoms with Crippen LogP contribution in [0.3, 0.4) is 0 Å². The van der Waals surface area contributed by atoms with E-state index >= 15 is 0 Å². The van der Waals surface area contributed by atoms with Crippen molar-refractivity contribution in [2.24, 2.45) is 0 Å². The first-order valence-electron chi connectivity index (χ1n) is 4.49. The van der Waals surface area contributed by atoms with Gasteiger partial charge in [-0.1, -0.05) is 19.1 Å². The zero-order valence-corrected chi connectivity index (χ0v) is 10.3. The normalized spacial score (nSPS) is 11.7. The molecule has 0 bridgehead atoms. The van der Waals surface area contributed by atoms with Crippen molar-refractivity contribution in [3.63, 3.8) is 0 Å². The van der Waals surface area contributed by atoms with Crippen molar-refractivity contribution in [2.45, 2.75) is 31.8 Å². The molecule has 0 saturated carbocycles.